The Labute approximate surface area is 146 Å². The highest BCUT2D eigenvalue weighted by atomic mass is 16.8. The first-order valence-corrected chi connectivity index (χ1v) is 8.67. The minimum Gasteiger partial charge on any atom is -0.361 e. The molecule has 2 aromatic carbocycles. The van der Waals surface area contributed by atoms with E-state index in [1.165, 1.54) is 0 Å². The number of fused-ring (bicyclic) bond motifs is 3. The van der Waals surface area contributed by atoms with Crippen molar-refractivity contribution in [2.24, 2.45) is 0 Å². The second kappa shape index (κ2) is 6.52. The molecule has 0 unspecified atom stereocenters. The maximum Gasteiger partial charge on any atom is 0.187 e. The summed E-state index contributed by atoms with van der Waals surface area (Å²) in [7, 11) is 0. The van der Waals surface area contributed by atoms with E-state index in [0.29, 0.717) is 13.2 Å². The molecule has 0 aromatic heterocycles. The van der Waals surface area contributed by atoms with Crippen molar-refractivity contribution in [2.45, 2.75) is 43.6 Å². The van der Waals surface area contributed by atoms with Crippen molar-refractivity contribution in [2.75, 3.05) is 6.61 Å². The van der Waals surface area contributed by atoms with Crippen molar-refractivity contribution in [1.82, 2.24) is 0 Å². The van der Waals surface area contributed by atoms with Gasteiger partial charge in [0.1, 0.15) is 24.4 Å². The fraction of sp³-hybridized carbons (Fsp3) is 0.400. The van der Waals surface area contributed by atoms with Crippen LogP contribution in [0.3, 0.4) is 0 Å². The maximum atomic E-state index is 6.11. The summed E-state index contributed by atoms with van der Waals surface area (Å²) in [5.41, 5.74) is 2.13. The molecule has 0 radical (unpaired) electrons. The minimum absolute atomic E-state index is 0.0228. The van der Waals surface area contributed by atoms with E-state index in [1.807, 2.05) is 60.7 Å². The zero-order chi connectivity index (χ0) is 16.6. The first kappa shape index (κ1) is 15.5. The molecule has 3 fully saturated rings. The fourth-order valence-electron chi connectivity index (χ4n) is 3.49. The molecule has 2 aromatic rings. The van der Waals surface area contributed by atoms with Gasteiger partial charge in [0.2, 0.25) is 0 Å². The third-order valence-corrected chi connectivity index (χ3v) is 4.85. The summed E-state index contributed by atoms with van der Waals surface area (Å²) in [6.07, 6.45) is -1.04. The molecular weight excluding hydrogens is 320 g/mol. The number of rotatable bonds is 4. The van der Waals surface area contributed by atoms with E-state index in [9.17, 15) is 0 Å². The SMILES string of the molecule is c1ccc(CO[C@H]2O[C@H]3CO[C@H](c4ccccc4)O[C@H]3[C@@H]3O[C@H]23)cc1. The van der Waals surface area contributed by atoms with Gasteiger partial charge in [-0.2, -0.15) is 0 Å². The molecule has 3 heterocycles. The van der Waals surface area contributed by atoms with Gasteiger partial charge in [0.25, 0.3) is 0 Å². The summed E-state index contributed by atoms with van der Waals surface area (Å²) in [4.78, 5) is 0. The van der Waals surface area contributed by atoms with Crippen LogP contribution in [0.2, 0.25) is 0 Å². The largest absolute Gasteiger partial charge is 0.361 e. The molecule has 130 valence electrons. The van der Waals surface area contributed by atoms with Crippen LogP contribution in [0.1, 0.15) is 17.4 Å². The third-order valence-electron chi connectivity index (χ3n) is 4.85. The van der Waals surface area contributed by atoms with E-state index in [2.05, 4.69) is 0 Å². The van der Waals surface area contributed by atoms with E-state index in [4.69, 9.17) is 23.7 Å². The van der Waals surface area contributed by atoms with Gasteiger partial charge in [0.15, 0.2) is 12.6 Å². The average molecular weight is 340 g/mol. The number of ether oxygens (including phenoxy) is 5. The molecule has 5 nitrogen and oxygen atoms in total. The highest BCUT2D eigenvalue weighted by Crippen LogP contribution is 2.43. The minimum atomic E-state index is -0.369. The summed E-state index contributed by atoms with van der Waals surface area (Å²) >= 11 is 0. The molecule has 25 heavy (non-hydrogen) atoms. The molecule has 3 aliphatic rings. The highest BCUT2D eigenvalue weighted by Gasteiger charge is 2.60. The van der Waals surface area contributed by atoms with Crippen LogP contribution in [0.15, 0.2) is 60.7 Å². The Bertz CT molecular complexity index is 707. The number of benzene rings is 2. The lowest BCUT2D eigenvalue weighted by Gasteiger charge is -2.39. The molecule has 0 aliphatic carbocycles. The van der Waals surface area contributed by atoms with Gasteiger partial charge in [0.05, 0.1) is 13.2 Å². The van der Waals surface area contributed by atoms with E-state index in [-0.39, 0.29) is 37.0 Å². The molecule has 3 saturated heterocycles. The van der Waals surface area contributed by atoms with Crippen LogP contribution in [-0.2, 0) is 30.3 Å². The predicted molar refractivity (Wildman–Crippen MR) is 88.6 cm³/mol. The summed E-state index contributed by atoms with van der Waals surface area (Å²) in [5, 5.41) is 0. The Morgan fingerprint density at radius 3 is 2.36 bits per heavy atom. The molecule has 0 saturated carbocycles. The normalized spacial score (nSPS) is 36.3. The van der Waals surface area contributed by atoms with Crippen LogP contribution in [-0.4, -0.2) is 37.3 Å². The first-order chi connectivity index (χ1) is 12.4. The van der Waals surface area contributed by atoms with Crippen LogP contribution < -0.4 is 0 Å². The summed E-state index contributed by atoms with van der Waals surface area (Å²) in [6, 6.07) is 20.0. The van der Waals surface area contributed by atoms with Crippen molar-refractivity contribution in [3.8, 4) is 0 Å². The maximum absolute atomic E-state index is 6.11. The number of hydrogen-bond donors (Lipinski definition) is 0. The van der Waals surface area contributed by atoms with Gasteiger partial charge < -0.3 is 23.7 Å². The van der Waals surface area contributed by atoms with Crippen molar-refractivity contribution < 1.29 is 23.7 Å². The van der Waals surface area contributed by atoms with Gasteiger partial charge in [-0.3, -0.25) is 0 Å². The van der Waals surface area contributed by atoms with Crippen molar-refractivity contribution >= 4 is 0 Å². The molecule has 0 N–H and O–H groups in total. The quantitative estimate of drug-likeness (QED) is 0.801. The van der Waals surface area contributed by atoms with Crippen LogP contribution in [0.25, 0.3) is 0 Å². The van der Waals surface area contributed by atoms with Crippen LogP contribution in [0.4, 0.5) is 0 Å². The predicted octanol–water partition coefficient (Wildman–Crippen LogP) is 2.81. The number of epoxide rings is 1. The standard InChI is InChI=1S/C20H20O5/c1-3-7-13(8-4-1)11-21-20-18-17(24-18)16-15(23-20)12-22-19(25-16)14-9-5-2-6-10-14/h1-10,15-20H,11-12H2/t15-,16+,17-,18-,19-,20-/m0/s1. The van der Waals surface area contributed by atoms with E-state index in [0.717, 1.165) is 11.1 Å². The summed E-state index contributed by atoms with van der Waals surface area (Å²) < 4.78 is 29.7. The van der Waals surface area contributed by atoms with E-state index < -0.39 is 0 Å². The van der Waals surface area contributed by atoms with Gasteiger partial charge in [-0.15, -0.1) is 0 Å². The molecule has 0 bridgehead atoms. The number of hydrogen-bond acceptors (Lipinski definition) is 5. The van der Waals surface area contributed by atoms with Crippen LogP contribution in [0, 0.1) is 0 Å². The molecule has 5 heteroatoms. The summed E-state index contributed by atoms with van der Waals surface area (Å²) in [5.74, 6) is 0. The van der Waals surface area contributed by atoms with Gasteiger partial charge >= 0.3 is 0 Å². The average Bonchev–Trinajstić information content (AvgIpc) is 3.49. The Morgan fingerprint density at radius 1 is 0.800 bits per heavy atom. The van der Waals surface area contributed by atoms with E-state index >= 15 is 0 Å². The lowest BCUT2D eigenvalue weighted by molar-refractivity contribution is -0.308. The van der Waals surface area contributed by atoms with Gasteiger partial charge in [-0.1, -0.05) is 60.7 Å². The fourth-order valence-corrected chi connectivity index (χ4v) is 3.49. The van der Waals surface area contributed by atoms with Crippen LogP contribution >= 0.6 is 0 Å². The highest BCUT2D eigenvalue weighted by molar-refractivity contribution is 5.17. The molecule has 6 atom stereocenters. The topological polar surface area (TPSA) is 49.5 Å². The zero-order valence-electron chi connectivity index (χ0n) is 13.7. The smallest absolute Gasteiger partial charge is 0.187 e. The Balaban J connectivity index is 1.22. The lowest BCUT2D eigenvalue weighted by Crippen LogP contribution is -2.52. The van der Waals surface area contributed by atoms with Crippen molar-refractivity contribution in [3.63, 3.8) is 0 Å². The summed E-state index contributed by atoms with van der Waals surface area (Å²) in [6.45, 7) is 0.978. The van der Waals surface area contributed by atoms with Crippen LogP contribution in [0.5, 0.6) is 0 Å². The molecule has 5 rings (SSSR count). The lowest BCUT2D eigenvalue weighted by atomic mass is 10.0. The van der Waals surface area contributed by atoms with Crippen molar-refractivity contribution in [3.05, 3.63) is 71.8 Å². The Morgan fingerprint density at radius 2 is 1.56 bits per heavy atom. The zero-order valence-corrected chi connectivity index (χ0v) is 13.7. The molecule has 0 spiro atoms. The molecule has 0 amide bonds. The first-order valence-electron chi connectivity index (χ1n) is 8.67. The Hall–Kier alpha value is -1.76. The van der Waals surface area contributed by atoms with E-state index in [1.54, 1.807) is 0 Å². The van der Waals surface area contributed by atoms with Gasteiger partial charge in [-0.25, -0.2) is 0 Å². The third kappa shape index (κ3) is 3.10. The second-order valence-electron chi connectivity index (χ2n) is 6.58. The van der Waals surface area contributed by atoms with Gasteiger partial charge in [0, 0.05) is 5.56 Å². The van der Waals surface area contributed by atoms with Gasteiger partial charge in [-0.05, 0) is 5.56 Å². The second-order valence-corrected chi connectivity index (χ2v) is 6.58. The molecule has 3 aliphatic heterocycles. The molecular formula is C20H20O5. The Kier molecular flexibility index (Phi) is 4.04. The monoisotopic (exact) mass is 340 g/mol. The van der Waals surface area contributed by atoms with Crippen molar-refractivity contribution in [1.29, 1.82) is 0 Å².